The lowest BCUT2D eigenvalue weighted by atomic mass is 10.2. The van der Waals surface area contributed by atoms with Gasteiger partial charge in [0.1, 0.15) is 0 Å². The first-order chi connectivity index (χ1) is 5.57. The molecule has 0 unspecified atom stereocenters. The second kappa shape index (κ2) is 2.97. The summed E-state index contributed by atoms with van der Waals surface area (Å²) in [5, 5.41) is 4.02. The van der Waals surface area contributed by atoms with Crippen LogP contribution in [0.25, 0.3) is 0 Å². The molecule has 0 amide bonds. The van der Waals surface area contributed by atoms with Gasteiger partial charge in [-0.3, -0.25) is 0 Å². The number of hydrogen-bond acceptors (Lipinski definition) is 3. The number of ether oxygens (including phenoxy) is 1. The fourth-order valence-electron chi connectivity index (χ4n) is 0.985. The number of nitrogens with zero attached hydrogens (tertiary/aromatic N) is 2. The number of methoxy groups -OCH3 is 1. The highest BCUT2D eigenvalue weighted by atomic mass is 16.5. The van der Waals surface area contributed by atoms with Gasteiger partial charge in [0, 0.05) is 0 Å². The Morgan fingerprint density at radius 1 is 1.42 bits per heavy atom. The van der Waals surface area contributed by atoms with Crippen molar-refractivity contribution in [3.63, 3.8) is 0 Å². The summed E-state index contributed by atoms with van der Waals surface area (Å²) >= 11 is 0. The molecule has 0 N–H and O–H groups in total. The van der Waals surface area contributed by atoms with E-state index in [0.717, 1.165) is 17.0 Å². The summed E-state index contributed by atoms with van der Waals surface area (Å²) < 4.78 is 5.82. The van der Waals surface area contributed by atoms with E-state index >= 15 is 0 Å². The Balaban J connectivity index is 3.17. The summed E-state index contributed by atoms with van der Waals surface area (Å²) in [7, 11) is 1.34. The van der Waals surface area contributed by atoms with E-state index in [-0.39, 0.29) is 0 Å². The van der Waals surface area contributed by atoms with Crippen LogP contribution in [0.15, 0.2) is 0 Å². The third-order valence-electron chi connectivity index (χ3n) is 2.00. The maximum absolute atomic E-state index is 11.1. The van der Waals surface area contributed by atoms with Crippen molar-refractivity contribution in [2.75, 3.05) is 7.11 Å². The second-order valence-electron chi connectivity index (χ2n) is 2.68. The van der Waals surface area contributed by atoms with Gasteiger partial charge in [0.05, 0.1) is 18.5 Å². The van der Waals surface area contributed by atoms with Crippen molar-refractivity contribution in [2.24, 2.45) is 0 Å². The van der Waals surface area contributed by atoms with Crippen LogP contribution in [-0.4, -0.2) is 23.0 Å². The number of carbonyl (C=O) groups excluding carboxylic acids is 1. The predicted molar refractivity (Wildman–Crippen MR) is 44.2 cm³/mol. The highest BCUT2D eigenvalue weighted by Gasteiger charge is 2.12. The lowest BCUT2D eigenvalue weighted by Crippen LogP contribution is -2.14. The Hall–Kier alpha value is -1.32. The average molecular weight is 168 g/mol. The Bertz CT molecular complexity index is 315. The zero-order chi connectivity index (χ0) is 9.30. The molecule has 1 aromatic heterocycles. The van der Waals surface area contributed by atoms with Gasteiger partial charge in [-0.2, -0.15) is 9.78 Å². The molecule has 0 fully saturated rings. The molecule has 0 aromatic carbocycles. The van der Waals surface area contributed by atoms with E-state index in [1.54, 1.807) is 0 Å². The maximum Gasteiger partial charge on any atom is 0.434 e. The topological polar surface area (TPSA) is 44.1 Å². The van der Waals surface area contributed by atoms with Crippen LogP contribution in [0.4, 0.5) is 4.79 Å². The first kappa shape index (κ1) is 8.77. The normalized spacial score (nSPS) is 10.0. The first-order valence-electron chi connectivity index (χ1n) is 3.69. The van der Waals surface area contributed by atoms with E-state index < -0.39 is 6.09 Å². The van der Waals surface area contributed by atoms with E-state index in [0.29, 0.717) is 0 Å². The van der Waals surface area contributed by atoms with Crippen molar-refractivity contribution in [1.82, 2.24) is 9.78 Å². The first-order valence-corrected chi connectivity index (χ1v) is 3.69. The Morgan fingerprint density at radius 3 is 2.33 bits per heavy atom. The van der Waals surface area contributed by atoms with Crippen LogP contribution in [-0.2, 0) is 4.74 Å². The van der Waals surface area contributed by atoms with Crippen molar-refractivity contribution < 1.29 is 9.53 Å². The van der Waals surface area contributed by atoms with Gasteiger partial charge >= 0.3 is 6.09 Å². The number of aryl methyl sites for hydroxylation is 1. The van der Waals surface area contributed by atoms with Crippen LogP contribution in [0.3, 0.4) is 0 Å². The van der Waals surface area contributed by atoms with Crippen LogP contribution in [0.2, 0.25) is 0 Å². The van der Waals surface area contributed by atoms with E-state index in [2.05, 4.69) is 9.84 Å². The molecule has 0 saturated carbocycles. The highest BCUT2D eigenvalue weighted by Crippen LogP contribution is 2.10. The molecular weight excluding hydrogens is 156 g/mol. The molecule has 1 aromatic rings. The molecule has 0 spiro atoms. The minimum Gasteiger partial charge on any atom is -0.451 e. The summed E-state index contributed by atoms with van der Waals surface area (Å²) in [5.41, 5.74) is 2.72. The molecule has 1 rings (SSSR count). The van der Waals surface area contributed by atoms with Crippen molar-refractivity contribution in [3.8, 4) is 0 Å². The summed E-state index contributed by atoms with van der Waals surface area (Å²) in [6.45, 7) is 5.63. The molecule has 4 nitrogen and oxygen atoms in total. The van der Waals surface area contributed by atoms with Gasteiger partial charge in [-0.1, -0.05) is 0 Å². The smallest absolute Gasteiger partial charge is 0.434 e. The molecule has 0 radical (unpaired) electrons. The van der Waals surface area contributed by atoms with E-state index in [1.807, 2.05) is 20.8 Å². The van der Waals surface area contributed by atoms with Crippen molar-refractivity contribution in [1.29, 1.82) is 0 Å². The predicted octanol–water partition coefficient (Wildman–Crippen LogP) is 1.42. The number of carbonyl (C=O) groups is 1. The molecule has 0 bridgehead atoms. The zero-order valence-corrected chi connectivity index (χ0v) is 7.71. The van der Waals surface area contributed by atoms with E-state index in [4.69, 9.17) is 0 Å². The van der Waals surface area contributed by atoms with Gasteiger partial charge in [-0.15, -0.1) is 0 Å². The van der Waals surface area contributed by atoms with Crippen LogP contribution in [0.1, 0.15) is 17.0 Å². The van der Waals surface area contributed by atoms with E-state index in [1.165, 1.54) is 11.8 Å². The fourth-order valence-corrected chi connectivity index (χ4v) is 0.985. The second-order valence-corrected chi connectivity index (χ2v) is 2.68. The van der Waals surface area contributed by atoms with Gasteiger partial charge in [-0.25, -0.2) is 4.79 Å². The van der Waals surface area contributed by atoms with Crippen molar-refractivity contribution >= 4 is 6.09 Å². The fraction of sp³-hybridized carbons (Fsp3) is 0.500. The quantitative estimate of drug-likeness (QED) is 0.588. The largest absolute Gasteiger partial charge is 0.451 e. The summed E-state index contributed by atoms with van der Waals surface area (Å²) in [6, 6.07) is 0. The van der Waals surface area contributed by atoms with Crippen LogP contribution < -0.4 is 0 Å². The molecule has 0 aliphatic carbocycles. The number of rotatable bonds is 0. The van der Waals surface area contributed by atoms with Crippen molar-refractivity contribution in [3.05, 3.63) is 17.0 Å². The van der Waals surface area contributed by atoms with Crippen LogP contribution in [0, 0.1) is 20.8 Å². The molecule has 12 heavy (non-hydrogen) atoms. The van der Waals surface area contributed by atoms with Gasteiger partial charge in [0.15, 0.2) is 0 Å². The highest BCUT2D eigenvalue weighted by molar-refractivity contribution is 5.70. The van der Waals surface area contributed by atoms with Crippen LogP contribution >= 0.6 is 0 Å². The Kier molecular flexibility index (Phi) is 2.17. The third kappa shape index (κ3) is 1.20. The summed E-state index contributed by atoms with van der Waals surface area (Å²) in [6.07, 6.45) is -0.441. The molecule has 0 atom stereocenters. The lowest BCUT2D eigenvalue weighted by Gasteiger charge is -1.99. The molecule has 0 saturated heterocycles. The van der Waals surface area contributed by atoms with Gasteiger partial charge in [0.25, 0.3) is 0 Å². The minimum atomic E-state index is -0.441. The Labute approximate surface area is 71.1 Å². The van der Waals surface area contributed by atoms with E-state index in [9.17, 15) is 4.79 Å². The standard InChI is InChI=1S/C8H12N2O2/c1-5-6(2)9-10(7(5)3)8(11)12-4/h1-4H3. The monoisotopic (exact) mass is 168 g/mol. The van der Waals surface area contributed by atoms with Gasteiger partial charge in [-0.05, 0) is 26.3 Å². The number of hydrogen-bond donors (Lipinski definition) is 0. The number of aromatic nitrogens is 2. The molecule has 66 valence electrons. The van der Waals surface area contributed by atoms with Gasteiger partial charge in [0.2, 0.25) is 0 Å². The Morgan fingerprint density at radius 2 is 2.00 bits per heavy atom. The SMILES string of the molecule is COC(=O)n1nc(C)c(C)c1C. The molecule has 0 aliphatic heterocycles. The third-order valence-corrected chi connectivity index (χ3v) is 2.00. The summed E-state index contributed by atoms with van der Waals surface area (Å²) in [5.74, 6) is 0. The molecular formula is C8H12N2O2. The average Bonchev–Trinajstić information content (AvgIpc) is 2.32. The summed E-state index contributed by atoms with van der Waals surface area (Å²) in [4.78, 5) is 11.1. The van der Waals surface area contributed by atoms with Gasteiger partial charge < -0.3 is 4.74 Å². The van der Waals surface area contributed by atoms with Crippen molar-refractivity contribution in [2.45, 2.75) is 20.8 Å². The van der Waals surface area contributed by atoms with Crippen LogP contribution in [0.5, 0.6) is 0 Å². The zero-order valence-electron chi connectivity index (χ0n) is 7.71. The minimum absolute atomic E-state index is 0.441. The lowest BCUT2D eigenvalue weighted by molar-refractivity contribution is 0.168. The molecule has 1 heterocycles. The maximum atomic E-state index is 11.1. The molecule has 4 heteroatoms. The molecule has 0 aliphatic rings.